The molecule has 2 nitrogen and oxygen atoms in total. The van der Waals surface area contributed by atoms with Crippen LogP contribution < -0.4 is 10.1 Å². The quantitative estimate of drug-likeness (QED) is 0.857. The molecule has 1 N–H and O–H groups in total. The molecule has 5 heteroatoms. The van der Waals surface area contributed by atoms with Crippen molar-refractivity contribution in [2.75, 3.05) is 0 Å². The maximum atomic E-state index is 12.3. The summed E-state index contributed by atoms with van der Waals surface area (Å²) in [5.41, 5.74) is 0.756. The Morgan fingerprint density at radius 3 is 2.89 bits per heavy atom. The summed E-state index contributed by atoms with van der Waals surface area (Å²) in [6.45, 7) is -0.0614. The zero-order valence-corrected chi connectivity index (χ0v) is 11.7. The van der Waals surface area contributed by atoms with Crippen molar-refractivity contribution in [2.24, 2.45) is 5.92 Å². The van der Waals surface area contributed by atoms with Crippen LogP contribution >= 0.6 is 15.9 Å². The van der Waals surface area contributed by atoms with E-state index in [-0.39, 0.29) is 5.75 Å². The van der Waals surface area contributed by atoms with E-state index in [1.807, 2.05) is 6.07 Å². The van der Waals surface area contributed by atoms with Crippen LogP contribution in [0.15, 0.2) is 22.7 Å². The zero-order valence-electron chi connectivity index (χ0n) is 10.1. The second-order valence-corrected chi connectivity index (χ2v) is 5.44. The summed E-state index contributed by atoms with van der Waals surface area (Å²) in [6, 6.07) is 5.60. The van der Waals surface area contributed by atoms with Crippen LogP contribution in [-0.2, 0) is 6.54 Å². The number of hydrogen-bond acceptors (Lipinski definition) is 2. The van der Waals surface area contributed by atoms with E-state index in [1.165, 1.54) is 6.42 Å². The Balaban J connectivity index is 1.98. The van der Waals surface area contributed by atoms with Gasteiger partial charge in [0.1, 0.15) is 5.75 Å². The van der Waals surface area contributed by atoms with Crippen molar-refractivity contribution in [1.82, 2.24) is 5.32 Å². The highest BCUT2D eigenvalue weighted by molar-refractivity contribution is 9.10. The first-order chi connectivity index (χ1) is 8.60. The molecule has 0 radical (unpaired) electrons. The first-order valence-corrected chi connectivity index (χ1v) is 6.86. The van der Waals surface area contributed by atoms with Crippen LogP contribution in [-0.4, -0.2) is 12.7 Å². The maximum Gasteiger partial charge on any atom is 0.387 e. The van der Waals surface area contributed by atoms with Crippen LogP contribution in [0.5, 0.6) is 5.75 Å². The molecule has 0 heterocycles. The minimum Gasteiger partial charge on any atom is -0.434 e. The van der Waals surface area contributed by atoms with Gasteiger partial charge in [0.15, 0.2) is 0 Å². The third-order valence-corrected chi connectivity index (χ3v) is 3.73. The van der Waals surface area contributed by atoms with Crippen LogP contribution in [0.1, 0.15) is 25.3 Å². The van der Waals surface area contributed by atoms with E-state index in [2.05, 4.69) is 32.9 Å². The molecule has 1 aliphatic carbocycles. The van der Waals surface area contributed by atoms with Gasteiger partial charge >= 0.3 is 6.61 Å². The molecule has 0 bridgehead atoms. The number of alkyl halides is 2. The molecule has 0 amide bonds. The number of nitrogens with one attached hydrogen (secondary N) is 1. The van der Waals surface area contributed by atoms with E-state index in [0.29, 0.717) is 12.6 Å². The Labute approximate surface area is 114 Å². The van der Waals surface area contributed by atoms with Crippen molar-refractivity contribution >= 4 is 15.9 Å². The summed E-state index contributed by atoms with van der Waals surface area (Å²) >= 11 is 3.34. The average Bonchev–Trinajstić information content (AvgIpc) is 3.07. The second-order valence-electron chi connectivity index (χ2n) is 4.52. The summed E-state index contributed by atoms with van der Waals surface area (Å²) < 4.78 is 29.9. The van der Waals surface area contributed by atoms with Gasteiger partial charge in [0, 0.05) is 22.6 Å². The molecule has 2 unspecified atom stereocenters. The van der Waals surface area contributed by atoms with Gasteiger partial charge in [0.05, 0.1) is 0 Å². The summed E-state index contributed by atoms with van der Waals surface area (Å²) in [6.07, 6.45) is 2.34. The Morgan fingerprint density at radius 2 is 2.28 bits per heavy atom. The molecular formula is C13H16BrF2NO. The third kappa shape index (κ3) is 3.65. The van der Waals surface area contributed by atoms with Gasteiger partial charge in [-0.1, -0.05) is 29.3 Å². The molecule has 1 fully saturated rings. The molecule has 0 aliphatic heterocycles. The minimum absolute atomic E-state index is 0.245. The molecule has 100 valence electrons. The number of hydrogen-bond donors (Lipinski definition) is 1. The number of ether oxygens (including phenoxy) is 1. The summed E-state index contributed by atoms with van der Waals surface area (Å²) in [7, 11) is 0. The van der Waals surface area contributed by atoms with Crippen molar-refractivity contribution in [3.63, 3.8) is 0 Å². The van der Waals surface area contributed by atoms with Crippen LogP contribution in [0.2, 0.25) is 0 Å². The molecule has 1 saturated carbocycles. The highest BCUT2D eigenvalue weighted by atomic mass is 79.9. The molecule has 18 heavy (non-hydrogen) atoms. The molecule has 2 rings (SSSR count). The van der Waals surface area contributed by atoms with Crippen molar-refractivity contribution < 1.29 is 13.5 Å². The monoisotopic (exact) mass is 319 g/mol. The SMILES string of the molecule is CCC1CC1NCc1cc(Br)ccc1OC(F)F. The predicted octanol–water partition coefficient (Wildman–Crippen LogP) is 3.94. The Hall–Kier alpha value is -0.680. The molecule has 1 aromatic rings. The first-order valence-electron chi connectivity index (χ1n) is 6.06. The molecular weight excluding hydrogens is 304 g/mol. The molecule has 1 aliphatic rings. The van der Waals surface area contributed by atoms with E-state index < -0.39 is 6.61 Å². The molecule has 0 spiro atoms. The van der Waals surface area contributed by atoms with Crippen LogP contribution in [0.4, 0.5) is 8.78 Å². The van der Waals surface area contributed by atoms with Crippen LogP contribution in [0.3, 0.4) is 0 Å². The molecule has 2 atom stereocenters. The summed E-state index contributed by atoms with van der Waals surface area (Å²) in [5.74, 6) is 0.978. The van der Waals surface area contributed by atoms with Gasteiger partial charge in [-0.15, -0.1) is 0 Å². The second kappa shape index (κ2) is 5.97. The highest BCUT2D eigenvalue weighted by Crippen LogP contribution is 2.34. The zero-order chi connectivity index (χ0) is 13.1. The number of rotatable bonds is 6. The van der Waals surface area contributed by atoms with Gasteiger partial charge in [-0.3, -0.25) is 0 Å². The van der Waals surface area contributed by atoms with E-state index >= 15 is 0 Å². The summed E-state index contributed by atoms with van der Waals surface area (Å²) in [5, 5.41) is 3.37. The van der Waals surface area contributed by atoms with E-state index in [4.69, 9.17) is 0 Å². The van der Waals surface area contributed by atoms with Gasteiger partial charge in [0.25, 0.3) is 0 Å². The van der Waals surface area contributed by atoms with Crippen molar-refractivity contribution in [3.05, 3.63) is 28.2 Å². The van der Waals surface area contributed by atoms with E-state index in [1.54, 1.807) is 12.1 Å². The van der Waals surface area contributed by atoms with Crippen molar-refractivity contribution in [1.29, 1.82) is 0 Å². The topological polar surface area (TPSA) is 21.3 Å². The fraction of sp³-hybridized carbons (Fsp3) is 0.538. The lowest BCUT2D eigenvalue weighted by atomic mass is 10.2. The minimum atomic E-state index is -2.78. The largest absolute Gasteiger partial charge is 0.434 e. The third-order valence-electron chi connectivity index (χ3n) is 3.24. The first kappa shape index (κ1) is 13.7. The van der Waals surface area contributed by atoms with E-state index in [0.717, 1.165) is 22.4 Å². The number of halogens is 3. The summed E-state index contributed by atoms with van der Waals surface area (Å²) in [4.78, 5) is 0. The highest BCUT2D eigenvalue weighted by Gasteiger charge is 2.34. The lowest BCUT2D eigenvalue weighted by molar-refractivity contribution is -0.0505. The fourth-order valence-corrected chi connectivity index (χ4v) is 2.50. The molecule has 1 aromatic carbocycles. The normalized spacial score (nSPS) is 22.3. The van der Waals surface area contributed by atoms with Crippen LogP contribution in [0, 0.1) is 5.92 Å². The lowest BCUT2D eigenvalue weighted by Crippen LogP contribution is -2.18. The van der Waals surface area contributed by atoms with Gasteiger partial charge in [0.2, 0.25) is 0 Å². The molecule has 0 saturated heterocycles. The van der Waals surface area contributed by atoms with Crippen molar-refractivity contribution in [3.8, 4) is 5.75 Å². The lowest BCUT2D eigenvalue weighted by Gasteiger charge is -2.12. The van der Waals surface area contributed by atoms with Gasteiger partial charge < -0.3 is 10.1 Å². The average molecular weight is 320 g/mol. The van der Waals surface area contributed by atoms with E-state index in [9.17, 15) is 8.78 Å². The van der Waals surface area contributed by atoms with Crippen molar-refractivity contribution in [2.45, 2.75) is 39.0 Å². The van der Waals surface area contributed by atoms with Gasteiger partial charge in [-0.05, 0) is 30.5 Å². The Bertz CT molecular complexity index is 414. The Kier molecular flexibility index (Phi) is 4.56. The number of benzene rings is 1. The Morgan fingerprint density at radius 1 is 1.50 bits per heavy atom. The van der Waals surface area contributed by atoms with Gasteiger partial charge in [-0.2, -0.15) is 8.78 Å². The standard InChI is InChI=1S/C13H16BrF2NO/c1-2-8-6-11(8)17-7-9-5-10(14)3-4-12(9)18-13(15)16/h3-5,8,11,13,17H,2,6-7H2,1H3. The molecule has 0 aromatic heterocycles. The maximum absolute atomic E-state index is 12.3. The van der Waals surface area contributed by atoms with Gasteiger partial charge in [-0.25, -0.2) is 0 Å². The van der Waals surface area contributed by atoms with Crippen LogP contribution in [0.25, 0.3) is 0 Å². The predicted molar refractivity (Wildman–Crippen MR) is 69.8 cm³/mol. The fourth-order valence-electron chi connectivity index (χ4n) is 2.09. The smallest absolute Gasteiger partial charge is 0.387 e.